The summed E-state index contributed by atoms with van der Waals surface area (Å²) in [6, 6.07) is 5.66. The lowest BCUT2D eigenvalue weighted by molar-refractivity contribution is 0.0697. The van der Waals surface area contributed by atoms with Crippen molar-refractivity contribution in [2.45, 2.75) is 32.2 Å². The van der Waals surface area contributed by atoms with Crippen LogP contribution in [0.2, 0.25) is 0 Å². The van der Waals surface area contributed by atoms with Crippen LogP contribution in [0.3, 0.4) is 0 Å². The fraction of sp³-hybridized carbons (Fsp3) is 0.462. The number of halogens is 1. The molecule has 3 nitrogen and oxygen atoms in total. The quantitative estimate of drug-likeness (QED) is 0.870. The van der Waals surface area contributed by atoms with Crippen LogP contribution in [0.15, 0.2) is 22.7 Å². The zero-order valence-corrected chi connectivity index (χ0v) is 11.3. The molecule has 0 bridgehead atoms. The molecule has 92 valence electrons. The first-order valence-corrected chi connectivity index (χ1v) is 6.70. The number of anilines is 1. The van der Waals surface area contributed by atoms with Crippen LogP contribution in [-0.4, -0.2) is 17.1 Å². The molecule has 0 heterocycles. The van der Waals surface area contributed by atoms with Gasteiger partial charge in [0.2, 0.25) is 0 Å². The Labute approximate surface area is 109 Å². The van der Waals surface area contributed by atoms with Gasteiger partial charge in [-0.05, 0) is 52.9 Å². The van der Waals surface area contributed by atoms with Crippen LogP contribution in [-0.2, 0) is 0 Å². The third-order valence-electron chi connectivity index (χ3n) is 3.14. The van der Waals surface area contributed by atoms with E-state index in [1.807, 2.05) is 6.07 Å². The van der Waals surface area contributed by atoms with Gasteiger partial charge in [-0.15, -0.1) is 0 Å². The lowest BCUT2D eigenvalue weighted by Gasteiger charge is -2.08. The molecule has 1 aromatic carbocycles. The molecule has 0 amide bonds. The SMILES string of the molecule is CCCC1CC1Nc1ccc(C(=O)O)cc1Br. The van der Waals surface area contributed by atoms with Crippen molar-refractivity contribution < 1.29 is 9.90 Å². The van der Waals surface area contributed by atoms with E-state index in [1.165, 1.54) is 19.3 Å². The number of hydrogen-bond acceptors (Lipinski definition) is 2. The Morgan fingerprint density at radius 1 is 1.59 bits per heavy atom. The monoisotopic (exact) mass is 297 g/mol. The fourth-order valence-corrected chi connectivity index (χ4v) is 2.57. The lowest BCUT2D eigenvalue weighted by atomic mass is 10.2. The minimum Gasteiger partial charge on any atom is -0.478 e. The summed E-state index contributed by atoms with van der Waals surface area (Å²) in [6.45, 7) is 2.20. The molecule has 1 fully saturated rings. The predicted octanol–water partition coefficient (Wildman–Crippen LogP) is 3.75. The van der Waals surface area contributed by atoms with Crippen molar-refractivity contribution in [1.29, 1.82) is 0 Å². The summed E-state index contributed by atoms with van der Waals surface area (Å²) in [7, 11) is 0. The first-order valence-electron chi connectivity index (χ1n) is 5.91. The molecule has 4 heteroatoms. The average molecular weight is 298 g/mol. The highest BCUT2D eigenvalue weighted by Crippen LogP contribution is 2.38. The van der Waals surface area contributed by atoms with Gasteiger partial charge >= 0.3 is 5.97 Å². The molecule has 2 N–H and O–H groups in total. The molecule has 0 aliphatic heterocycles. The van der Waals surface area contributed by atoms with Gasteiger partial charge in [-0.2, -0.15) is 0 Å². The first-order chi connectivity index (χ1) is 8.11. The van der Waals surface area contributed by atoms with Gasteiger partial charge in [0.1, 0.15) is 0 Å². The van der Waals surface area contributed by atoms with Crippen LogP contribution in [0.25, 0.3) is 0 Å². The number of rotatable bonds is 5. The highest BCUT2D eigenvalue weighted by molar-refractivity contribution is 9.10. The highest BCUT2D eigenvalue weighted by Gasteiger charge is 2.36. The Balaban J connectivity index is 2.00. The van der Waals surface area contributed by atoms with Gasteiger partial charge in [-0.1, -0.05) is 13.3 Å². The second kappa shape index (κ2) is 5.08. The number of carboxylic acid groups (broad SMARTS) is 1. The van der Waals surface area contributed by atoms with Crippen molar-refractivity contribution in [1.82, 2.24) is 0 Å². The van der Waals surface area contributed by atoms with Gasteiger partial charge in [0.05, 0.1) is 5.56 Å². The number of aromatic carboxylic acids is 1. The van der Waals surface area contributed by atoms with E-state index in [-0.39, 0.29) is 0 Å². The summed E-state index contributed by atoms with van der Waals surface area (Å²) in [5.74, 6) is -0.112. The molecule has 1 saturated carbocycles. The summed E-state index contributed by atoms with van der Waals surface area (Å²) in [6.07, 6.45) is 3.71. The number of benzene rings is 1. The van der Waals surface area contributed by atoms with E-state index in [0.29, 0.717) is 11.6 Å². The molecule has 0 saturated heterocycles. The molecular formula is C13H16BrNO2. The van der Waals surface area contributed by atoms with Crippen LogP contribution in [0, 0.1) is 5.92 Å². The zero-order chi connectivity index (χ0) is 12.4. The van der Waals surface area contributed by atoms with Crippen molar-refractivity contribution in [2.75, 3.05) is 5.32 Å². The Morgan fingerprint density at radius 2 is 2.35 bits per heavy atom. The molecular weight excluding hydrogens is 282 g/mol. The number of carbonyl (C=O) groups is 1. The predicted molar refractivity (Wildman–Crippen MR) is 71.5 cm³/mol. The zero-order valence-electron chi connectivity index (χ0n) is 9.74. The minimum absolute atomic E-state index is 0.309. The van der Waals surface area contributed by atoms with E-state index >= 15 is 0 Å². The smallest absolute Gasteiger partial charge is 0.335 e. The van der Waals surface area contributed by atoms with Crippen LogP contribution in [0.5, 0.6) is 0 Å². The fourth-order valence-electron chi connectivity index (χ4n) is 2.08. The van der Waals surface area contributed by atoms with E-state index < -0.39 is 5.97 Å². The van der Waals surface area contributed by atoms with Crippen molar-refractivity contribution in [2.24, 2.45) is 5.92 Å². The Morgan fingerprint density at radius 3 is 2.94 bits per heavy atom. The van der Waals surface area contributed by atoms with Crippen molar-refractivity contribution in [3.05, 3.63) is 28.2 Å². The molecule has 0 aromatic heterocycles. The summed E-state index contributed by atoms with van der Waals surface area (Å²) in [5.41, 5.74) is 1.29. The van der Waals surface area contributed by atoms with Gasteiger partial charge in [-0.3, -0.25) is 0 Å². The Kier molecular flexibility index (Phi) is 3.72. The summed E-state index contributed by atoms with van der Waals surface area (Å²) < 4.78 is 0.819. The average Bonchev–Trinajstić information content (AvgIpc) is 3.00. The van der Waals surface area contributed by atoms with Crippen LogP contribution >= 0.6 is 15.9 Å². The summed E-state index contributed by atoms with van der Waals surface area (Å²) in [5, 5.41) is 12.3. The molecule has 0 spiro atoms. The lowest BCUT2D eigenvalue weighted by Crippen LogP contribution is -2.06. The molecule has 17 heavy (non-hydrogen) atoms. The van der Waals surface area contributed by atoms with E-state index in [2.05, 4.69) is 28.2 Å². The minimum atomic E-state index is -0.896. The molecule has 2 unspecified atom stereocenters. The summed E-state index contributed by atoms with van der Waals surface area (Å²) >= 11 is 3.40. The van der Waals surface area contributed by atoms with Crippen LogP contribution in [0.4, 0.5) is 5.69 Å². The molecule has 1 aliphatic carbocycles. The number of carboxylic acids is 1. The summed E-state index contributed by atoms with van der Waals surface area (Å²) in [4.78, 5) is 10.8. The molecule has 0 radical (unpaired) electrons. The standard InChI is InChI=1S/C13H16BrNO2/c1-2-3-8-7-12(8)15-11-5-4-9(13(16)17)6-10(11)14/h4-6,8,12,15H,2-3,7H2,1H3,(H,16,17). The maximum Gasteiger partial charge on any atom is 0.335 e. The van der Waals surface area contributed by atoms with Crippen LogP contribution < -0.4 is 5.32 Å². The maximum atomic E-state index is 10.8. The third kappa shape index (κ3) is 3.00. The van der Waals surface area contributed by atoms with E-state index in [9.17, 15) is 4.79 Å². The van der Waals surface area contributed by atoms with Crippen molar-refractivity contribution in [3.63, 3.8) is 0 Å². The van der Waals surface area contributed by atoms with Gasteiger partial charge in [0.25, 0.3) is 0 Å². The maximum absolute atomic E-state index is 10.8. The molecule has 2 rings (SSSR count). The number of hydrogen-bond donors (Lipinski definition) is 2. The highest BCUT2D eigenvalue weighted by atomic mass is 79.9. The molecule has 2 atom stereocenters. The molecule has 1 aromatic rings. The van der Waals surface area contributed by atoms with E-state index in [1.54, 1.807) is 12.1 Å². The molecule has 1 aliphatic rings. The largest absolute Gasteiger partial charge is 0.478 e. The van der Waals surface area contributed by atoms with Gasteiger partial charge < -0.3 is 10.4 Å². The second-order valence-electron chi connectivity index (χ2n) is 4.54. The van der Waals surface area contributed by atoms with Crippen molar-refractivity contribution in [3.8, 4) is 0 Å². The van der Waals surface area contributed by atoms with E-state index in [4.69, 9.17) is 5.11 Å². The Bertz CT molecular complexity index is 433. The number of nitrogens with one attached hydrogen (secondary N) is 1. The second-order valence-corrected chi connectivity index (χ2v) is 5.39. The third-order valence-corrected chi connectivity index (χ3v) is 3.80. The van der Waals surface area contributed by atoms with Gasteiger partial charge in [-0.25, -0.2) is 4.79 Å². The van der Waals surface area contributed by atoms with Gasteiger partial charge in [0, 0.05) is 16.2 Å². The van der Waals surface area contributed by atoms with Gasteiger partial charge in [0.15, 0.2) is 0 Å². The Hall–Kier alpha value is -1.03. The first kappa shape index (κ1) is 12.4. The topological polar surface area (TPSA) is 49.3 Å². The normalized spacial score (nSPS) is 22.2. The van der Waals surface area contributed by atoms with Crippen molar-refractivity contribution >= 4 is 27.6 Å². The van der Waals surface area contributed by atoms with E-state index in [0.717, 1.165) is 16.1 Å². The van der Waals surface area contributed by atoms with Crippen LogP contribution in [0.1, 0.15) is 36.5 Å².